The van der Waals surface area contributed by atoms with E-state index >= 15 is 0 Å². The molecule has 1 aliphatic carbocycles. The van der Waals surface area contributed by atoms with Gasteiger partial charge < -0.3 is 19.3 Å². The van der Waals surface area contributed by atoms with Crippen LogP contribution in [0.5, 0.6) is 11.5 Å². The van der Waals surface area contributed by atoms with Crippen molar-refractivity contribution in [3.63, 3.8) is 0 Å². The minimum Gasteiger partial charge on any atom is -0.493 e. The number of likely N-dealkylation sites (N-methyl/N-ethyl adjacent to an activating group) is 1. The first-order chi connectivity index (χ1) is 13.0. The van der Waals surface area contributed by atoms with E-state index in [9.17, 15) is 4.79 Å². The van der Waals surface area contributed by atoms with Crippen molar-refractivity contribution < 1.29 is 14.3 Å². The molecule has 0 radical (unpaired) electrons. The summed E-state index contributed by atoms with van der Waals surface area (Å²) in [7, 11) is 7.32. The third kappa shape index (κ3) is 6.90. The third-order valence-corrected chi connectivity index (χ3v) is 5.16. The zero-order chi connectivity index (χ0) is 19.6. The maximum atomic E-state index is 12.8. The Bertz CT molecular complexity index is 622. The fourth-order valence-electron chi connectivity index (χ4n) is 3.52. The lowest BCUT2D eigenvalue weighted by Crippen LogP contribution is -2.39. The first-order valence-electron chi connectivity index (χ1n) is 9.87. The van der Waals surface area contributed by atoms with Crippen LogP contribution in [0.25, 0.3) is 6.08 Å². The normalized spacial score (nSPS) is 15.3. The Kier molecular flexibility index (Phi) is 8.65. The summed E-state index contributed by atoms with van der Waals surface area (Å²) in [5.74, 6) is 2.07. The quantitative estimate of drug-likeness (QED) is 0.618. The molecule has 0 aliphatic heterocycles. The van der Waals surface area contributed by atoms with Crippen LogP contribution in [0.2, 0.25) is 0 Å². The van der Waals surface area contributed by atoms with Crippen LogP contribution in [-0.4, -0.2) is 63.7 Å². The molecule has 0 saturated heterocycles. The Morgan fingerprint density at radius 3 is 2.41 bits per heavy atom. The predicted octanol–water partition coefficient (Wildman–Crippen LogP) is 3.69. The number of amides is 1. The number of benzene rings is 1. The Morgan fingerprint density at radius 2 is 1.78 bits per heavy atom. The van der Waals surface area contributed by atoms with Crippen LogP contribution >= 0.6 is 0 Å². The first-order valence-corrected chi connectivity index (χ1v) is 9.87. The summed E-state index contributed by atoms with van der Waals surface area (Å²) in [6.07, 6.45) is 9.94. The summed E-state index contributed by atoms with van der Waals surface area (Å²) in [6, 6.07) is 5.67. The summed E-state index contributed by atoms with van der Waals surface area (Å²) >= 11 is 0. The summed E-state index contributed by atoms with van der Waals surface area (Å²) in [6.45, 7) is 2.50. The van der Waals surface area contributed by atoms with Crippen LogP contribution < -0.4 is 9.47 Å². The molecular weight excluding hydrogens is 340 g/mol. The van der Waals surface area contributed by atoms with E-state index < -0.39 is 0 Å². The lowest BCUT2D eigenvalue weighted by atomic mass is 9.89. The van der Waals surface area contributed by atoms with Gasteiger partial charge in [-0.3, -0.25) is 4.79 Å². The molecule has 0 unspecified atom stereocenters. The Morgan fingerprint density at radius 1 is 1.07 bits per heavy atom. The molecule has 0 bridgehead atoms. The average molecular weight is 375 g/mol. The molecular formula is C22H34N2O3. The van der Waals surface area contributed by atoms with Gasteiger partial charge in [-0.25, -0.2) is 0 Å². The van der Waals surface area contributed by atoms with Crippen LogP contribution in [0.4, 0.5) is 0 Å². The molecule has 0 N–H and O–H groups in total. The van der Waals surface area contributed by atoms with Gasteiger partial charge in [-0.15, -0.1) is 0 Å². The SMILES string of the molecule is COc1ccc(C=CC(=O)N(CCN(C)C)CC2CCCCC2)cc1OC. The largest absolute Gasteiger partial charge is 0.493 e. The molecule has 1 aliphatic rings. The van der Waals surface area contributed by atoms with Gasteiger partial charge in [0.25, 0.3) is 0 Å². The van der Waals surface area contributed by atoms with E-state index in [4.69, 9.17) is 9.47 Å². The highest BCUT2D eigenvalue weighted by atomic mass is 16.5. The van der Waals surface area contributed by atoms with Gasteiger partial charge in [0.15, 0.2) is 11.5 Å². The second kappa shape index (κ2) is 11.0. The van der Waals surface area contributed by atoms with Crippen LogP contribution in [0.3, 0.4) is 0 Å². The molecule has 0 spiro atoms. The minimum atomic E-state index is 0.0807. The summed E-state index contributed by atoms with van der Waals surface area (Å²) in [4.78, 5) is 17.0. The molecule has 0 heterocycles. The number of methoxy groups -OCH3 is 2. The van der Waals surface area contributed by atoms with E-state index in [0.29, 0.717) is 17.4 Å². The Balaban J connectivity index is 2.05. The molecule has 1 saturated carbocycles. The maximum absolute atomic E-state index is 12.8. The molecule has 150 valence electrons. The van der Waals surface area contributed by atoms with E-state index in [2.05, 4.69) is 4.90 Å². The lowest BCUT2D eigenvalue weighted by molar-refractivity contribution is -0.126. The van der Waals surface area contributed by atoms with Gasteiger partial charge in [0.1, 0.15) is 0 Å². The smallest absolute Gasteiger partial charge is 0.246 e. The maximum Gasteiger partial charge on any atom is 0.246 e. The molecule has 27 heavy (non-hydrogen) atoms. The van der Waals surface area contributed by atoms with Crippen molar-refractivity contribution in [2.24, 2.45) is 5.92 Å². The first kappa shape index (κ1) is 21.3. The highest BCUT2D eigenvalue weighted by molar-refractivity contribution is 5.91. The summed E-state index contributed by atoms with van der Waals surface area (Å²) < 4.78 is 10.6. The van der Waals surface area contributed by atoms with Crippen molar-refractivity contribution in [3.8, 4) is 11.5 Å². The number of carbonyl (C=O) groups excluding carboxylic acids is 1. The zero-order valence-corrected chi connectivity index (χ0v) is 17.2. The summed E-state index contributed by atoms with van der Waals surface area (Å²) in [5.41, 5.74) is 0.922. The van der Waals surface area contributed by atoms with Crippen molar-refractivity contribution in [3.05, 3.63) is 29.8 Å². The second-order valence-electron chi connectivity index (χ2n) is 7.54. The van der Waals surface area contributed by atoms with Crippen LogP contribution in [0.1, 0.15) is 37.7 Å². The van der Waals surface area contributed by atoms with Crippen LogP contribution in [-0.2, 0) is 4.79 Å². The molecule has 1 fully saturated rings. The van der Waals surface area contributed by atoms with Crippen molar-refractivity contribution in [2.45, 2.75) is 32.1 Å². The van der Waals surface area contributed by atoms with Gasteiger partial charge in [-0.1, -0.05) is 25.3 Å². The second-order valence-corrected chi connectivity index (χ2v) is 7.54. The topological polar surface area (TPSA) is 42.0 Å². The number of ether oxygens (including phenoxy) is 2. The van der Waals surface area contributed by atoms with Crippen molar-refractivity contribution in [1.82, 2.24) is 9.80 Å². The van der Waals surface area contributed by atoms with E-state index in [1.165, 1.54) is 32.1 Å². The predicted molar refractivity (Wildman–Crippen MR) is 110 cm³/mol. The number of hydrogen-bond donors (Lipinski definition) is 0. The molecule has 1 aromatic rings. The van der Waals surface area contributed by atoms with Crippen molar-refractivity contribution in [2.75, 3.05) is 47.9 Å². The van der Waals surface area contributed by atoms with Gasteiger partial charge in [-0.05, 0) is 56.6 Å². The van der Waals surface area contributed by atoms with Gasteiger partial charge in [0.05, 0.1) is 14.2 Å². The number of carbonyl (C=O) groups is 1. The molecule has 1 aromatic carbocycles. The average Bonchev–Trinajstić information content (AvgIpc) is 2.69. The Hall–Kier alpha value is -2.01. The zero-order valence-electron chi connectivity index (χ0n) is 17.2. The monoisotopic (exact) mass is 374 g/mol. The van der Waals surface area contributed by atoms with E-state index in [1.807, 2.05) is 43.3 Å². The van der Waals surface area contributed by atoms with E-state index in [1.54, 1.807) is 20.3 Å². The van der Waals surface area contributed by atoms with Gasteiger partial charge in [0, 0.05) is 25.7 Å². The molecule has 2 rings (SSSR count). The molecule has 5 heteroatoms. The van der Waals surface area contributed by atoms with Gasteiger partial charge in [0.2, 0.25) is 5.91 Å². The number of hydrogen-bond acceptors (Lipinski definition) is 4. The molecule has 0 aromatic heterocycles. The van der Waals surface area contributed by atoms with Gasteiger partial charge in [-0.2, -0.15) is 0 Å². The fourth-order valence-corrected chi connectivity index (χ4v) is 3.52. The lowest BCUT2D eigenvalue weighted by Gasteiger charge is -2.30. The van der Waals surface area contributed by atoms with Gasteiger partial charge >= 0.3 is 0 Å². The summed E-state index contributed by atoms with van der Waals surface area (Å²) in [5, 5.41) is 0. The standard InChI is InChI=1S/C22H34N2O3/c1-23(2)14-15-24(17-19-8-6-5-7-9-19)22(25)13-11-18-10-12-20(26-3)21(16-18)27-4/h10-13,16,19H,5-9,14-15,17H2,1-4H3. The molecule has 0 atom stereocenters. The molecule has 5 nitrogen and oxygen atoms in total. The number of nitrogens with zero attached hydrogens (tertiary/aromatic N) is 2. The van der Waals surface area contributed by atoms with E-state index in [-0.39, 0.29) is 5.91 Å². The highest BCUT2D eigenvalue weighted by Gasteiger charge is 2.19. The Labute approximate surface area is 163 Å². The third-order valence-electron chi connectivity index (χ3n) is 5.16. The highest BCUT2D eigenvalue weighted by Crippen LogP contribution is 2.28. The van der Waals surface area contributed by atoms with Crippen molar-refractivity contribution >= 4 is 12.0 Å². The van der Waals surface area contributed by atoms with Crippen molar-refractivity contribution in [1.29, 1.82) is 0 Å². The minimum absolute atomic E-state index is 0.0807. The number of rotatable bonds is 9. The fraction of sp³-hybridized carbons (Fsp3) is 0.591. The molecule has 1 amide bonds. The van der Waals surface area contributed by atoms with Crippen LogP contribution in [0.15, 0.2) is 24.3 Å². The van der Waals surface area contributed by atoms with Crippen LogP contribution in [0, 0.1) is 5.92 Å². The van der Waals surface area contributed by atoms with E-state index in [0.717, 1.165) is 25.2 Å².